The molecular formula is C24H38N4O4S. The van der Waals surface area contributed by atoms with Crippen LogP contribution in [0.1, 0.15) is 78.6 Å². The lowest BCUT2D eigenvalue weighted by Crippen LogP contribution is -2.56. The van der Waals surface area contributed by atoms with E-state index in [4.69, 9.17) is 18.2 Å². The van der Waals surface area contributed by atoms with Crippen LogP contribution in [0.25, 0.3) is 0 Å². The lowest BCUT2D eigenvalue weighted by atomic mass is 9.74. The van der Waals surface area contributed by atoms with Crippen molar-refractivity contribution in [2.24, 2.45) is 32.3 Å². The molecule has 1 saturated heterocycles. The molecule has 4 fully saturated rings. The van der Waals surface area contributed by atoms with Gasteiger partial charge in [-0.15, -0.1) is 0 Å². The minimum Gasteiger partial charge on any atom is -0.381 e. The van der Waals surface area contributed by atoms with Crippen LogP contribution in [0.15, 0.2) is 4.36 Å². The van der Waals surface area contributed by atoms with Crippen LogP contribution in [0.5, 0.6) is 0 Å². The summed E-state index contributed by atoms with van der Waals surface area (Å²) >= 11 is 4.98. The molecular weight excluding hydrogens is 440 g/mol. The van der Waals surface area contributed by atoms with Crippen molar-refractivity contribution >= 4 is 30.1 Å². The molecule has 4 N–H and O–H groups in total. The first-order valence-electron chi connectivity index (χ1n) is 12.3. The van der Waals surface area contributed by atoms with Gasteiger partial charge in [0.05, 0.1) is 6.04 Å². The molecule has 8 nitrogen and oxygen atoms in total. The summed E-state index contributed by atoms with van der Waals surface area (Å²) in [5, 5.41) is 13.3. The van der Waals surface area contributed by atoms with Crippen molar-refractivity contribution in [3.05, 3.63) is 0 Å². The van der Waals surface area contributed by atoms with Gasteiger partial charge in [-0.3, -0.25) is 14.4 Å². The van der Waals surface area contributed by atoms with Crippen LogP contribution >= 0.6 is 0 Å². The van der Waals surface area contributed by atoms with Gasteiger partial charge in [0, 0.05) is 19.0 Å². The van der Waals surface area contributed by atoms with E-state index in [9.17, 15) is 19.5 Å². The summed E-state index contributed by atoms with van der Waals surface area (Å²) in [6.45, 7) is 6.32. The number of rotatable bonds is 8. The third-order valence-electron chi connectivity index (χ3n) is 8.98. The second-order valence-corrected chi connectivity index (χ2v) is 12.4. The van der Waals surface area contributed by atoms with E-state index in [0.717, 1.165) is 38.5 Å². The maximum absolute atomic E-state index is 13.6. The third kappa shape index (κ3) is 4.31. The molecule has 0 aromatic carbocycles. The Balaban J connectivity index is 1.55. The molecule has 4 aliphatic rings. The maximum atomic E-state index is 13.6. The number of hydrogen-bond donors (Lipinski definition) is 3. The summed E-state index contributed by atoms with van der Waals surface area (Å²) < 4.78 is 3.97. The Bertz CT molecular complexity index is 835. The topological polar surface area (TPSA) is 125 Å². The van der Waals surface area contributed by atoms with Gasteiger partial charge >= 0.3 is 0 Å². The van der Waals surface area contributed by atoms with Gasteiger partial charge in [-0.05, 0) is 54.3 Å². The number of fused-ring (bicyclic) bond motifs is 1. The molecule has 1 aliphatic heterocycles. The van der Waals surface area contributed by atoms with E-state index < -0.39 is 35.6 Å². The van der Waals surface area contributed by atoms with Crippen LogP contribution in [0, 0.1) is 22.2 Å². The minimum atomic E-state index is -1.45. The smallest absolute Gasteiger partial charge is 0.249 e. The number of amides is 3. The van der Waals surface area contributed by atoms with Gasteiger partial charge in [0.15, 0.2) is 6.10 Å². The van der Waals surface area contributed by atoms with Crippen molar-refractivity contribution in [2.75, 3.05) is 6.54 Å². The Morgan fingerprint density at radius 2 is 1.88 bits per heavy atom. The summed E-state index contributed by atoms with van der Waals surface area (Å²) in [6, 6.07) is -2.10. The molecule has 1 heterocycles. The Labute approximate surface area is 201 Å². The van der Waals surface area contributed by atoms with E-state index in [2.05, 4.69) is 9.68 Å². The molecule has 0 aromatic heterocycles. The average molecular weight is 479 g/mol. The van der Waals surface area contributed by atoms with E-state index in [0.29, 0.717) is 25.3 Å². The highest BCUT2D eigenvalue weighted by Crippen LogP contribution is 2.77. The average Bonchev–Trinajstić information content (AvgIpc) is 3.17. The molecule has 3 aliphatic carbocycles. The van der Waals surface area contributed by atoms with Gasteiger partial charge in [-0.2, -0.15) is 0 Å². The fourth-order valence-electron chi connectivity index (χ4n) is 6.44. The van der Waals surface area contributed by atoms with Crippen molar-refractivity contribution in [2.45, 2.75) is 103 Å². The predicted molar refractivity (Wildman–Crippen MR) is 126 cm³/mol. The molecule has 0 radical (unpaired) electrons. The Morgan fingerprint density at radius 3 is 2.30 bits per heavy atom. The highest BCUT2D eigenvalue weighted by molar-refractivity contribution is 7.47. The van der Waals surface area contributed by atoms with E-state index in [1.54, 1.807) is 4.90 Å². The molecule has 9 heteroatoms. The number of carbonyl (C=O) groups excluding carboxylic acids is 3. The highest BCUT2D eigenvalue weighted by atomic mass is 32.1. The molecule has 0 aromatic rings. The van der Waals surface area contributed by atoms with Gasteiger partial charge < -0.3 is 21.1 Å². The van der Waals surface area contributed by atoms with Gasteiger partial charge in [-0.25, -0.2) is 4.36 Å². The van der Waals surface area contributed by atoms with E-state index in [-0.39, 0.29) is 22.6 Å². The Morgan fingerprint density at radius 1 is 1.21 bits per heavy atom. The number of likely N-dealkylation sites (tertiary alicyclic amines) is 1. The quantitative estimate of drug-likeness (QED) is 0.491. The first kappa shape index (κ1) is 24.5. The molecule has 33 heavy (non-hydrogen) atoms. The zero-order chi connectivity index (χ0) is 24.2. The van der Waals surface area contributed by atoms with E-state index >= 15 is 0 Å². The van der Waals surface area contributed by atoms with Crippen LogP contribution in [0.2, 0.25) is 0 Å². The molecule has 0 bridgehead atoms. The Kier molecular flexibility index (Phi) is 6.36. The monoisotopic (exact) mass is 478 g/mol. The van der Waals surface area contributed by atoms with Gasteiger partial charge in [0.1, 0.15) is 12.1 Å². The van der Waals surface area contributed by atoms with Crippen LogP contribution < -0.4 is 11.1 Å². The number of nitrogens with zero attached hydrogens (tertiary/aromatic N) is 2. The normalized spacial score (nSPS) is 30.8. The largest absolute Gasteiger partial charge is 0.381 e. The number of carbonyl (C=O) groups is 3. The zero-order valence-corrected chi connectivity index (χ0v) is 20.8. The van der Waals surface area contributed by atoms with Crippen molar-refractivity contribution in [1.82, 2.24) is 10.2 Å². The van der Waals surface area contributed by atoms with E-state index in [1.807, 2.05) is 20.8 Å². The lowest BCUT2D eigenvalue weighted by Gasteiger charge is -2.34. The number of nitrogens with two attached hydrogens (primary N) is 1. The lowest BCUT2D eigenvalue weighted by molar-refractivity contribution is -0.142. The molecule has 184 valence electrons. The van der Waals surface area contributed by atoms with Crippen LogP contribution in [0.4, 0.5) is 0 Å². The van der Waals surface area contributed by atoms with Crippen LogP contribution in [-0.2, 0) is 26.8 Å². The Hall–Kier alpha value is -1.61. The minimum absolute atomic E-state index is 0.0153. The SMILES string of the molecule is CC(C)(C)[C@H](N=S)C(=O)N1C[C@]2(C[C@H]1C(=O)NC(CC1CCC1)C(O)C(N)=O)CC21CCC1. The van der Waals surface area contributed by atoms with Gasteiger partial charge in [0.2, 0.25) is 17.7 Å². The molecule has 2 spiro atoms. The third-order valence-corrected chi connectivity index (χ3v) is 9.19. The van der Waals surface area contributed by atoms with Crippen molar-refractivity contribution in [3.63, 3.8) is 0 Å². The molecule has 3 amide bonds. The molecule has 3 saturated carbocycles. The highest BCUT2D eigenvalue weighted by Gasteiger charge is 2.73. The van der Waals surface area contributed by atoms with Crippen molar-refractivity contribution in [1.29, 1.82) is 0 Å². The summed E-state index contributed by atoms with van der Waals surface area (Å²) in [7, 11) is 0. The number of hydrogen-bond acceptors (Lipinski definition) is 6. The van der Waals surface area contributed by atoms with Gasteiger partial charge in [-0.1, -0.05) is 46.5 Å². The first-order chi connectivity index (χ1) is 15.4. The van der Waals surface area contributed by atoms with Crippen molar-refractivity contribution < 1.29 is 19.5 Å². The maximum Gasteiger partial charge on any atom is 0.249 e. The second-order valence-electron chi connectivity index (χ2n) is 12.1. The van der Waals surface area contributed by atoms with Crippen LogP contribution in [-0.4, -0.2) is 58.5 Å². The molecule has 2 unspecified atom stereocenters. The fraction of sp³-hybridized carbons (Fsp3) is 0.875. The van der Waals surface area contributed by atoms with Crippen molar-refractivity contribution in [3.8, 4) is 0 Å². The summed E-state index contributed by atoms with van der Waals surface area (Å²) in [5.41, 5.74) is 5.16. The predicted octanol–water partition coefficient (Wildman–Crippen LogP) is 1.81. The number of aliphatic hydroxyl groups excluding tert-OH is 1. The summed E-state index contributed by atoms with van der Waals surface area (Å²) in [6.07, 6.45) is 7.39. The first-order valence-corrected chi connectivity index (χ1v) is 12.7. The number of nitrogens with one attached hydrogen (secondary N) is 1. The standard InChI is InChI=1S/C24H38N4O4S/c1-22(2,3)18(27-33)21(32)28-13-24(12-23(24)8-5-9-23)11-16(28)20(31)26-15(17(29)19(25)30)10-14-6-4-7-14/h14-18,29H,4-13H2,1-3H3,(H2,25,30)(H,26,31)/t15?,16-,17?,18+,24-/m0/s1. The fourth-order valence-corrected chi connectivity index (χ4v) is 6.84. The number of aliphatic hydroxyl groups is 1. The molecule has 5 atom stereocenters. The summed E-state index contributed by atoms with van der Waals surface area (Å²) in [4.78, 5) is 40.6. The van der Waals surface area contributed by atoms with E-state index in [1.165, 1.54) is 6.42 Å². The zero-order valence-electron chi connectivity index (χ0n) is 20.0. The molecule has 4 rings (SSSR count). The summed E-state index contributed by atoms with van der Waals surface area (Å²) in [5.74, 6) is -1.00. The number of primary amides is 1. The van der Waals surface area contributed by atoms with Gasteiger partial charge in [0.25, 0.3) is 0 Å². The van der Waals surface area contributed by atoms with Crippen LogP contribution in [0.3, 0.4) is 0 Å². The second kappa shape index (κ2) is 8.56.